The fourth-order valence-electron chi connectivity index (χ4n) is 10.0. The molecule has 0 saturated carbocycles. The van der Waals surface area contributed by atoms with Gasteiger partial charge in [0.2, 0.25) is 0 Å². The SMILES string of the molecule is CC.CC(C)(c1ccccc1)c1cc(-c2ccccc2-c2cccc(-c3ccccc3-c3cc(C(C)(C)c4ccccc4)cc(C(C)(C)c4ccccc4)c3O)n2)c(O)c(C(C)(C)c2ccccc2)c1.[Hf]. The second-order valence-electron chi connectivity index (χ2n) is 20.3. The molecule has 0 radical (unpaired) electrons. The van der Waals surface area contributed by atoms with Gasteiger partial charge >= 0.3 is 0 Å². The third kappa shape index (κ3) is 10.2. The van der Waals surface area contributed by atoms with E-state index in [0.29, 0.717) is 0 Å². The van der Waals surface area contributed by atoms with Gasteiger partial charge in [0, 0.05) is 80.9 Å². The fourth-order valence-corrected chi connectivity index (χ4v) is 10.0. The van der Waals surface area contributed by atoms with Crippen LogP contribution in [0.4, 0.5) is 0 Å². The molecule has 2 N–H and O–H groups in total. The Morgan fingerprint density at radius 3 is 0.859 bits per heavy atom. The summed E-state index contributed by atoms with van der Waals surface area (Å²) in [6, 6.07) is 73.5. The van der Waals surface area contributed by atoms with Crippen molar-refractivity contribution < 1.29 is 36.1 Å². The van der Waals surface area contributed by atoms with E-state index in [1.54, 1.807) is 0 Å². The van der Waals surface area contributed by atoms with Gasteiger partial charge in [0.15, 0.2) is 0 Å². The summed E-state index contributed by atoms with van der Waals surface area (Å²) in [7, 11) is 0. The molecule has 0 aliphatic heterocycles. The number of hydrogen-bond acceptors (Lipinski definition) is 3. The normalized spacial score (nSPS) is 11.8. The minimum Gasteiger partial charge on any atom is -0.507 e. The molecule has 1 heterocycles. The Hall–Kier alpha value is -6.62. The minimum absolute atomic E-state index is 0. The van der Waals surface area contributed by atoms with Crippen molar-refractivity contribution in [1.82, 2.24) is 4.98 Å². The van der Waals surface area contributed by atoms with Crippen molar-refractivity contribution in [3.8, 4) is 56.3 Å². The van der Waals surface area contributed by atoms with Gasteiger partial charge in [0.1, 0.15) is 11.5 Å². The van der Waals surface area contributed by atoms with Crippen LogP contribution in [0, 0.1) is 0 Å². The monoisotopic (exact) mass is 1100 g/mol. The Labute approximate surface area is 442 Å². The van der Waals surface area contributed by atoms with E-state index in [9.17, 15) is 10.2 Å². The number of benzene rings is 8. The second kappa shape index (κ2) is 21.4. The van der Waals surface area contributed by atoms with Crippen molar-refractivity contribution in [1.29, 1.82) is 0 Å². The van der Waals surface area contributed by atoms with E-state index >= 15 is 0 Å². The Kier molecular flexibility index (Phi) is 15.7. The molecule has 4 heteroatoms. The van der Waals surface area contributed by atoms with Crippen LogP contribution in [0.25, 0.3) is 44.8 Å². The maximum atomic E-state index is 12.7. The Morgan fingerprint density at radius 2 is 0.549 bits per heavy atom. The Morgan fingerprint density at radius 1 is 0.282 bits per heavy atom. The predicted octanol–water partition coefficient (Wildman–Crippen LogP) is 17.5. The summed E-state index contributed by atoms with van der Waals surface area (Å²) in [6.07, 6.45) is 0. The summed E-state index contributed by atoms with van der Waals surface area (Å²) in [6.45, 7) is 21.8. The van der Waals surface area contributed by atoms with Gasteiger partial charge in [-0.3, -0.25) is 0 Å². The van der Waals surface area contributed by atoms with Crippen LogP contribution in [0.15, 0.2) is 212 Å². The molecule has 1 aromatic heterocycles. The standard InChI is InChI=1S/C65H61NO2.C2H6.Hf/c1-62(2,44-26-13-9-14-27-44)48-40-54(60(67)56(42-48)64(5,6)46-30-17-11-18-31-46)50-34-21-23-36-52(50)58-38-25-39-59(66-58)53-37-24-22-35-51(53)55-41-49(63(3,4)45-28-15-10-16-29-45)43-57(61(55)68)65(7,8)47-32-19-12-20-33-47;1-2;/h9-43,67-68H,1-8H3;1-2H3;. The molecule has 0 atom stereocenters. The van der Waals surface area contributed by atoms with Gasteiger partial charge in [0.05, 0.1) is 11.4 Å². The number of nitrogens with zero attached hydrogens (tertiary/aromatic N) is 1. The molecule has 0 amide bonds. The average Bonchev–Trinajstić information content (AvgIpc) is 3.40. The summed E-state index contributed by atoms with van der Waals surface area (Å²) in [5.41, 5.74) is 13.4. The quantitative estimate of drug-likeness (QED) is 0.120. The minimum atomic E-state index is -0.519. The molecule has 356 valence electrons. The van der Waals surface area contributed by atoms with Crippen molar-refractivity contribution >= 4 is 0 Å². The van der Waals surface area contributed by atoms with E-state index in [1.165, 1.54) is 11.1 Å². The van der Waals surface area contributed by atoms with Gasteiger partial charge in [-0.1, -0.05) is 257 Å². The molecular formula is C67H67HfNO2. The zero-order valence-electron chi connectivity index (χ0n) is 43.0. The second-order valence-corrected chi connectivity index (χ2v) is 20.3. The van der Waals surface area contributed by atoms with Gasteiger partial charge in [-0.15, -0.1) is 0 Å². The molecule has 8 aromatic carbocycles. The molecular weight excluding hydrogens is 1030 g/mol. The van der Waals surface area contributed by atoms with Crippen molar-refractivity contribution in [3.63, 3.8) is 0 Å². The van der Waals surface area contributed by atoms with Gasteiger partial charge in [-0.05, 0) is 68.8 Å². The van der Waals surface area contributed by atoms with E-state index in [-0.39, 0.29) is 48.2 Å². The van der Waals surface area contributed by atoms with Crippen LogP contribution in [-0.2, 0) is 47.5 Å². The number of aromatic nitrogens is 1. The van der Waals surface area contributed by atoms with Crippen LogP contribution >= 0.6 is 0 Å². The van der Waals surface area contributed by atoms with Crippen molar-refractivity contribution in [2.75, 3.05) is 0 Å². The number of aromatic hydroxyl groups is 2. The molecule has 9 rings (SSSR count). The topological polar surface area (TPSA) is 53.4 Å². The Bertz CT molecular complexity index is 3010. The summed E-state index contributed by atoms with van der Waals surface area (Å²) < 4.78 is 0. The number of phenolic OH excluding ortho intramolecular Hbond substituents is 2. The zero-order chi connectivity index (χ0) is 49.8. The first kappa shape index (κ1) is 52.2. The first-order valence-corrected chi connectivity index (χ1v) is 24.7. The van der Waals surface area contributed by atoms with Gasteiger partial charge < -0.3 is 10.2 Å². The molecule has 3 nitrogen and oxygen atoms in total. The van der Waals surface area contributed by atoms with Crippen LogP contribution in [0.5, 0.6) is 11.5 Å². The largest absolute Gasteiger partial charge is 0.507 e. The third-order valence-corrected chi connectivity index (χ3v) is 14.7. The van der Waals surface area contributed by atoms with Gasteiger partial charge in [0.25, 0.3) is 0 Å². The fraction of sp³-hybridized carbons (Fsp3) is 0.209. The molecule has 0 spiro atoms. The summed E-state index contributed by atoms with van der Waals surface area (Å²) in [5.74, 6) is 0.506. The molecule has 0 unspecified atom stereocenters. The van der Waals surface area contributed by atoms with Crippen LogP contribution in [-0.4, -0.2) is 15.2 Å². The van der Waals surface area contributed by atoms with Crippen molar-refractivity contribution in [2.45, 2.75) is 90.9 Å². The summed E-state index contributed by atoms with van der Waals surface area (Å²) in [4.78, 5) is 5.46. The van der Waals surface area contributed by atoms with Crippen LogP contribution in [0.2, 0.25) is 0 Å². The zero-order valence-corrected chi connectivity index (χ0v) is 46.6. The van der Waals surface area contributed by atoms with Crippen LogP contribution in [0.1, 0.15) is 114 Å². The summed E-state index contributed by atoms with van der Waals surface area (Å²) in [5, 5.41) is 25.3. The molecule has 0 fully saturated rings. The number of phenols is 2. The molecule has 0 bridgehead atoms. The molecule has 0 aliphatic rings. The van der Waals surface area contributed by atoms with Crippen molar-refractivity contribution in [3.05, 3.63) is 257 Å². The van der Waals surface area contributed by atoms with Crippen molar-refractivity contribution in [2.24, 2.45) is 0 Å². The first-order chi connectivity index (χ1) is 33.6. The molecule has 71 heavy (non-hydrogen) atoms. The molecule has 0 aliphatic carbocycles. The van der Waals surface area contributed by atoms with E-state index in [2.05, 4.69) is 231 Å². The average molecular weight is 1100 g/mol. The number of rotatable bonds is 12. The summed E-state index contributed by atoms with van der Waals surface area (Å²) >= 11 is 0. The van der Waals surface area contributed by atoms with E-state index in [1.807, 2.05) is 50.2 Å². The third-order valence-electron chi connectivity index (χ3n) is 14.7. The first-order valence-electron chi connectivity index (χ1n) is 24.7. The Balaban J connectivity index is 0.00000244. The van der Waals surface area contributed by atoms with Gasteiger partial charge in [-0.2, -0.15) is 0 Å². The van der Waals surface area contributed by atoms with Crippen LogP contribution in [0.3, 0.4) is 0 Å². The van der Waals surface area contributed by atoms with Gasteiger partial charge in [-0.25, -0.2) is 4.98 Å². The van der Waals surface area contributed by atoms with E-state index in [0.717, 1.165) is 78.1 Å². The van der Waals surface area contributed by atoms with E-state index < -0.39 is 10.8 Å². The molecule has 0 saturated heterocycles. The van der Waals surface area contributed by atoms with Crippen LogP contribution < -0.4 is 0 Å². The number of pyridine rings is 1. The predicted molar refractivity (Wildman–Crippen MR) is 295 cm³/mol. The maximum absolute atomic E-state index is 12.7. The smallest absolute Gasteiger partial charge is 0.127 e. The number of hydrogen-bond donors (Lipinski definition) is 2. The van der Waals surface area contributed by atoms with E-state index in [4.69, 9.17) is 4.98 Å². The molecule has 9 aromatic rings. The maximum Gasteiger partial charge on any atom is 0.127 e.